The quantitative estimate of drug-likeness (QED) is 0.843. The van der Waals surface area contributed by atoms with E-state index in [1.54, 1.807) is 24.5 Å². The summed E-state index contributed by atoms with van der Waals surface area (Å²) < 4.78 is 10.2. The van der Waals surface area contributed by atoms with Crippen molar-refractivity contribution < 1.29 is 15.7 Å². The number of ether oxygens (including phenoxy) is 2. The molecule has 0 atom stereocenters. The van der Waals surface area contributed by atoms with Gasteiger partial charge in [-0.1, -0.05) is 0 Å². The second-order valence-electron chi connectivity index (χ2n) is 4.26. The van der Waals surface area contributed by atoms with Gasteiger partial charge in [-0.3, -0.25) is 4.98 Å². The maximum absolute atomic E-state index is 11.3. The topological polar surface area (TPSA) is 73.3 Å². The van der Waals surface area contributed by atoms with E-state index in [4.69, 9.17) is 4.74 Å². The summed E-state index contributed by atoms with van der Waals surface area (Å²) in [6.07, 6.45) is 3.33. The van der Waals surface area contributed by atoms with Crippen LogP contribution in [-0.4, -0.2) is 36.2 Å². The SMILES string of the molecule is COC(=O)c1ccc(-c2cc3c(cn2)NCCO3)cn1.[HH]. The summed E-state index contributed by atoms with van der Waals surface area (Å²) in [5, 5.41) is 3.21. The van der Waals surface area contributed by atoms with E-state index in [9.17, 15) is 4.79 Å². The van der Waals surface area contributed by atoms with Crippen molar-refractivity contribution in [1.29, 1.82) is 0 Å². The van der Waals surface area contributed by atoms with Crippen LogP contribution in [0.25, 0.3) is 11.3 Å². The Bertz CT molecular complexity index is 646. The van der Waals surface area contributed by atoms with E-state index in [1.165, 1.54) is 7.11 Å². The van der Waals surface area contributed by atoms with Gasteiger partial charge in [-0.15, -0.1) is 0 Å². The predicted molar refractivity (Wildman–Crippen MR) is 74.9 cm³/mol. The number of hydrogen-bond donors (Lipinski definition) is 1. The monoisotopic (exact) mass is 273 g/mol. The molecule has 1 aliphatic heterocycles. The van der Waals surface area contributed by atoms with Crippen LogP contribution in [0.4, 0.5) is 5.69 Å². The molecule has 6 heteroatoms. The van der Waals surface area contributed by atoms with Crippen molar-refractivity contribution in [2.45, 2.75) is 0 Å². The van der Waals surface area contributed by atoms with Crippen LogP contribution in [0.2, 0.25) is 0 Å². The molecule has 0 aliphatic carbocycles. The van der Waals surface area contributed by atoms with Crippen LogP contribution < -0.4 is 10.1 Å². The van der Waals surface area contributed by atoms with Crippen molar-refractivity contribution in [1.82, 2.24) is 9.97 Å². The molecule has 0 spiro atoms. The van der Waals surface area contributed by atoms with Crippen molar-refractivity contribution in [2.75, 3.05) is 25.6 Å². The van der Waals surface area contributed by atoms with Crippen molar-refractivity contribution in [3.63, 3.8) is 0 Å². The minimum absolute atomic E-state index is 0. The lowest BCUT2D eigenvalue weighted by molar-refractivity contribution is 0.0594. The first-order chi connectivity index (χ1) is 9.78. The number of nitrogens with zero attached hydrogens (tertiary/aromatic N) is 2. The third-order valence-electron chi connectivity index (χ3n) is 2.99. The number of aromatic nitrogens is 2. The van der Waals surface area contributed by atoms with Crippen LogP contribution in [0, 0.1) is 0 Å². The van der Waals surface area contributed by atoms with Gasteiger partial charge in [0, 0.05) is 25.8 Å². The molecule has 20 heavy (non-hydrogen) atoms. The first-order valence-electron chi connectivity index (χ1n) is 6.19. The van der Waals surface area contributed by atoms with Crippen LogP contribution >= 0.6 is 0 Å². The number of pyridine rings is 2. The van der Waals surface area contributed by atoms with Gasteiger partial charge in [-0.05, 0) is 12.1 Å². The maximum atomic E-state index is 11.3. The first-order valence-corrected chi connectivity index (χ1v) is 6.19. The van der Waals surface area contributed by atoms with Gasteiger partial charge in [0.05, 0.1) is 24.7 Å². The smallest absolute Gasteiger partial charge is 0.356 e. The van der Waals surface area contributed by atoms with E-state index < -0.39 is 5.97 Å². The summed E-state index contributed by atoms with van der Waals surface area (Å²) in [6, 6.07) is 5.25. The highest BCUT2D eigenvalue weighted by atomic mass is 16.5. The van der Waals surface area contributed by atoms with E-state index in [1.807, 2.05) is 6.07 Å². The fraction of sp³-hybridized carbons (Fsp3) is 0.214. The highest BCUT2D eigenvalue weighted by Gasteiger charge is 2.13. The predicted octanol–water partition coefficient (Wildman–Crippen LogP) is 1.98. The Morgan fingerprint density at radius 2 is 2.30 bits per heavy atom. The summed E-state index contributed by atoms with van der Waals surface area (Å²) in [6.45, 7) is 1.42. The highest BCUT2D eigenvalue weighted by molar-refractivity contribution is 5.87. The molecule has 2 aromatic rings. The molecular formula is C14H15N3O3. The fourth-order valence-corrected chi connectivity index (χ4v) is 1.96. The van der Waals surface area contributed by atoms with Crippen LogP contribution in [0.15, 0.2) is 30.6 Å². The molecule has 0 amide bonds. The van der Waals surface area contributed by atoms with Crippen molar-refractivity contribution >= 4 is 11.7 Å². The average molecular weight is 273 g/mol. The number of rotatable bonds is 2. The average Bonchev–Trinajstić information content (AvgIpc) is 2.54. The summed E-state index contributed by atoms with van der Waals surface area (Å²) in [7, 11) is 1.33. The molecule has 0 bridgehead atoms. The Hall–Kier alpha value is -2.63. The van der Waals surface area contributed by atoms with Gasteiger partial charge in [0.1, 0.15) is 18.1 Å². The second kappa shape index (κ2) is 5.16. The summed E-state index contributed by atoms with van der Waals surface area (Å²) in [5.41, 5.74) is 2.72. The van der Waals surface area contributed by atoms with Crippen molar-refractivity contribution in [2.24, 2.45) is 0 Å². The number of carbonyl (C=O) groups excluding carboxylic acids is 1. The van der Waals surface area contributed by atoms with Gasteiger partial charge in [0.25, 0.3) is 0 Å². The Balaban J connectivity index is 0.00000161. The number of fused-ring (bicyclic) bond motifs is 1. The van der Waals surface area contributed by atoms with E-state index in [-0.39, 0.29) is 7.12 Å². The highest BCUT2D eigenvalue weighted by Crippen LogP contribution is 2.30. The molecule has 6 nitrogen and oxygen atoms in total. The van der Waals surface area contributed by atoms with Crippen LogP contribution in [0.1, 0.15) is 11.9 Å². The Kier molecular flexibility index (Phi) is 3.20. The van der Waals surface area contributed by atoms with Crippen LogP contribution in [0.5, 0.6) is 5.75 Å². The summed E-state index contributed by atoms with van der Waals surface area (Å²) in [5.74, 6) is 0.320. The van der Waals surface area contributed by atoms with E-state index in [0.29, 0.717) is 6.61 Å². The lowest BCUT2D eigenvalue weighted by Crippen LogP contribution is -2.18. The van der Waals surface area contributed by atoms with Gasteiger partial charge in [0.2, 0.25) is 0 Å². The normalized spacial score (nSPS) is 12.8. The molecule has 0 saturated carbocycles. The van der Waals surface area contributed by atoms with Crippen molar-refractivity contribution in [3.8, 4) is 17.0 Å². The number of anilines is 1. The summed E-state index contributed by atoms with van der Waals surface area (Å²) in [4.78, 5) is 19.7. The minimum atomic E-state index is -0.456. The molecule has 1 N–H and O–H groups in total. The van der Waals surface area contributed by atoms with Crippen molar-refractivity contribution in [3.05, 3.63) is 36.3 Å². The molecule has 1 aliphatic rings. The zero-order chi connectivity index (χ0) is 13.9. The Morgan fingerprint density at radius 3 is 3.05 bits per heavy atom. The Morgan fingerprint density at radius 1 is 1.40 bits per heavy atom. The molecule has 0 saturated heterocycles. The lowest BCUT2D eigenvalue weighted by Gasteiger charge is -2.19. The second-order valence-corrected chi connectivity index (χ2v) is 4.26. The molecule has 3 heterocycles. The van der Waals surface area contributed by atoms with Crippen LogP contribution in [0.3, 0.4) is 0 Å². The number of methoxy groups -OCH3 is 1. The van der Waals surface area contributed by atoms with E-state index in [0.717, 1.165) is 29.2 Å². The molecule has 104 valence electrons. The number of carbonyl (C=O) groups is 1. The molecule has 0 unspecified atom stereocenters. The maximum Gasteiger partial charge on any atom is 0.356 e. The van der Waals surface area contributed by atoms with E-state index in [2.05, 4.69) is 20.0 Å². The number of esters is 1. The van der Waals surface area contributed by atoms with Gasteiger partial charge in [-0.25, -0.2) is 9.78 Å². The van der Waals surface area contributed by atoms with Gasteiger partial charge in [-0.2, -0.15) is 0 Å². The first kappa shape index (κ1) is 12.4. The van der Waals surface area contributed by atoms with Gasteiger partial charge >= 0.3 is 5.97 Å². The largest absolute Gasteiger partial charge is 0.489 e. The van der Waals surface area contributed by atoms with Gasteiger partial charge < -0.3 is 14.8 Å². The molecular weight excluding hydrogens is 258 g/mol. The summed E-state index contributed by atoms with van der Waals surface area (Å²) >= 11 is 0. The molecule has 0 aromatic carbocycles. The zero-order valence-electron chi connectivity index (χ0n) is 10.9. The third kappa shape index (κ3) is 2.27. The number of hydrogen-bond acceptors (Lipinski definition) is 6. The van der Waals surface area contributed by atoms with E-state index >= 15 is 0 Å². The third-order valence-corrected chi connectivity index (χ3v) is 2.99. The minimum Gasteiger partial charge on any atom is -0.489 e. The lowest BCUT2D eigenvalue weighted by atomic mass is 10.1. The molecule has 3 rings (SSSR count). The molecule has 0 fully saturated rings. The standard InChI is InChI=1S/C14H13N3O3.H2/c1-19-14(18)10-3-2-9(7-16-10)11-6-13-12(8-17-11)15-4-5-20-13;/h2-3,6-8,15H,4-5H2,1H3;1H. The number of nitrogens with one attached hydrogen (secondary N) is 1. The Labute approximate surface area is 117 Å². The fourth-order valence-electron chi connectivity index (χ4n) is 1.96. The van der Waals surface area contributed by atoms with Gasteiger partial charge in [0.15, 0.2) is 0 Å². The molecule has 0 radical (unpaired) electrons. The zero-order valence-corrected chi connectivity index (χ0v) is 10.9. The van der Waals surface area contributed by atoms with Crippen LogP contribution in [-0.2, 0) is 4.74 Å². The molecule has 2 aromatic heterocycles.